The summed E-state index contributed by atoms with van der Waals surface area (Å²) in [4.78, 5) is 12.5. The van der Waals surface area contributed by atoms with Crippen LogP contribution in [0.2, 0.25) is 0 Å². The van der Waals surface area contributed by atoms with Gasteiger partial charge in [0.2, 0.25) is 0 Å². The number of aromatic amines is 1. The average Bonchev–Trinajstić information content (AvgIpc) is 2.04. The first-order valence-electron chi connectivity index (χ1n) is 3.30. The first kappa shape index (κ1) is 9.76. The van der Waals surface area contributed by atoms with Crippen molar-refractivity contribution in [3.63, 3.8) is 0 Å². The van der Waals surface area contributed by atoms with E-state index in [4.69, 9.17) is 0 Å². The van der Waals surface area contributed by atoms with Gasteiger partial charge in [-0.1, -0.05) is 0 Å². The molecule has 0 aliphatic carbocycles. The minimum absolute atomic E-state index is 0.451. The van der Waals surface area contributed by atoms with Gasteiger partial charge >= 0.3 is 12.3 Å². The molecule has 0 aromatic carbocycles. The number of rotatable bonds is 2. The molecule has 1 aromatic rings. The fraction of sp³-hybridized carbons (Fsp3) is 0.286. The van der Waals surface area contributed by atoms with Crippen molar-refractivity contribution < 1.29 is 17.6 Å². The van der Waals surface area contributed by atoms with Crippen molar-refractivity contribution in [3.8, 4) is 0 Å². The third-order valence-corrected chi connectivity index (χ3v) is 1.41. The number of alkyl halides is 4. The molecule has 1 N–H and O–H groups in total. The van der Waals surface area contributed by atoms with Crippen LogP contribution in [0.5, 0.6) is 0 Å². The minimum atomic E-state index is -4.31. The molecule has 1 aromatic heterocycles. The van der Waals surface area contributed by atoms with Crippen molar-refractivity contribution in [3.05, 3.63) is 34.2 Å². The molecule has 13 heavy (non-hydrogen) atoms. The Balaban J connectivity index is 3.14. The van der Waals surface area contributed by atoms with E-state index in [1.165, 1.54) is 0 Å². The zero-order valence-electron chi connectivity index (χ0n) is 6.23. The van der Waals surface area contributed by atoms with E-state index in [2.05, 4.69) is 0 Å². The quantitative estimate of drug-likeness (QED) is 0.716. The summed E-state index contributed by atoms with van der Waals surface area (Å²) in [5, 5.41) is 0. The highest BCUT2D eigenvalue weighted by Crippen LogP contribution is 2.32. The summed E-state index contributed by atoms with van der Waals surface area (Å²) in [5.74, 6) is -4.31. The number of hydrogen-bond donors (Lipinski definition) is 1. The summed E-state index contributed by atoms with van der Waals surface area (Å²) in [5.41, 5.74) is -1.82. The van der Waals surface area contributed by atoms with Crippen LogP contribution in [-0.2, 0) is 5.92 Å². The van der Waals surface area contributed by atoms with Gasteiger partial charge < -0.3 is 4.98 Å². The molecule has 0 saturated carbocycles. The molecule has 0 saturated heterocycles. The van der Waals surface area contributed by atoms with Crippen LogP contribution in [0.3, 0.4) is 0 Å². The molecule has 0 bridgehead atoms. The van der Waals surface area contributed by atoms with Gasteiger partial charge in [-0.15, -0.1) is 0 Å². The van der Waals surface area contributed by atoms with Gasteiger partial charge in [-0.2, -0.15) is 8.78 Å². The lowest BCUT2D eigenvalue weighted by Gasteiger charge is -2.14. The van der Waals surface area contributed by atoms with E-state index in [1.54, 1.807) is 0 Å². The van der Waals surface area contributed by atoms with Gasteiger partial charge in [0.1, 0.15) is 0 Å². The lowest BCUT2D eigenvalue weighted by molar-refractivity contribution is -0.138. The SMILES string of the molecule is O=c1cc[nH]c(C(F)(F)C(F)F)c1. The highest BCUT2D eigenvalue weighted by molar-refractivity contribution is 5.10. The first-order valence-corrected chi connectivity index (χ1v) is 3.30. The molecular formula is C7H5F4NO. The molecule has 0 amide bonds. The third kappa shape index (κ3) is 1.88. The predicted octanol–water partition coefficient (Wildman–Crippen LogP) is 1.73. The Kier molecular flexibility index (Phi) is 2.40. The second kappa shape index (κ2) is 3.20. The normalized spacial score (nSPS) is 12.1. The number of H-pyrrole nitrogens is 1. The van der Waals surface area contributed by atoms with Gasteiger partial charge in [-0.25, -0.2) is 8.78 Å². The van der Waals surface area contributed by atoms with E-state index in [1.807, 2.05) is 4.98 Å². The standard InChI is InChI=1S/C7H5F4NO/c8-6(9)7(10,11)5-3-4(13)1-2-12-5/h1-3,6H,(H,12,13). The van der Waals surface area contributed by atoms with E-state index in [9.17, 15) is 22.4 Å². The van der Waals surface area contributed by atoms with Crippen LogP contribution in [0.1, 0.15) is 5.69 Å². The molecule has 2 nitrogen and oxygen atoms in total. The maximum absolute atomic E-state index is 12.5. The summed E-state index contributed by atoms with van der Waals surface area (Å²) in [6.45, 7) is 0. The number of pyridine rings is 1. The van der Waals surface area contributed by atoms with E-state index in [0.717, 1.165) is 12.3 Å². The number of nitrogens with one attached hydrogen (secondary N) is 1. The number of aromatic nitrogens is 1. The van der Waals surface area contributed by atoms with Crippen LogP contribution >= 0.6 is 0 Å². The maximum atomic E-state index is 12.5. The Hall–Kier alpha value is -1.33. The second-order valence-electron chi connectivity index (χ2n) is 2.36. The monoisotopic (exact) mass is 195 g/mol. The number of halogens is 4. The highest BCUT2D eigenvalue weighted by Gasteiger charge is 2.43. The molecular weight excluding hydrogens is 190 g/mol. The molecule has 1 rings (SSSR count). The minimum Gasteiger partial charge on any atom is -0.360 e. The molecule has 6 heteroatoms. The molecule has 0 aliphatic heterocycles. The molecule has 0 aliphatic rings. The van der Waals surface area contributed by atoms with Crippen LogP contribution in [0.4, 0.5) is 17.6 Å². The van der Waals surface area contributed by atoms with Crippen LogP contribution in [-0.4, -0.2) is 11.4 Å². The van der Waals surface area contributed by atoms with Crippen molar-refractivity contribution in [1.82, 2.24) is 4.98 Å². The largest absolute Gasteiger partial charge is 0.360 e. The predicted molar refractivity (Wildman–Crippen MR) is 37.0 cm³/mol. The molecule has 72 valence electrons. The van der Waals surface area contributed by atoms with Crippen LogP contribution < -0.4 is 5.43 Å². The molecule has 0 atom stereocenters. The van der Waals surface area contributed by atoms with Gasteiger partial charge in [-0.3, -0.25) is 4.79 Å². The summed E-state index contributed by atoms with van der Waals surface area (Å²) in [6, 6.07) is 1.41. The van der Waals surface area contributed by atoms with Gasteiger partial charge in [0.15, 0.2) is 5.43 Å². The van der Waals surface area contributed by atoms with Crippen molar-refractivity contribution >= 4 is 0 Å². The average molecular weight is 195 g/mol. The second-order valence-corrected chi connectivity index (χ2v) is 2.36. The summed E-state index contributed by atoms with van der Waals surface area (Å²) in [7, 11) is 0. The summed E-state index contributed by atoms with van der Waals surface area (Å²) in [6.07, 6.45) is -2.93. The first-order chi connectivity index (χ1) is 5.94. The summed E-state index contributed by atoms with van der Waals surface area (Å²) < 4.78 is 48.6. The van der Waals surface area contributed by atoms with Crippen molar-refractivity contribution in [2.45, 2.75) is 12.3 Å². The van der Waals surface area contributed by atoms with Crippen molar-refractivity contribution in [2.24, 2.45) is 0 Å². The van der Waals surface area contributed by atoms with Gasteiger partial charge in [0.25, 0.3) is 0 Å². The Labute approximate surface area is 70.2 Å². The topological polar surface area (TPSA) is 32.9 Å². The Bertz CT molecular complexity index is 346. The van der Waals surface area contributed by atoms with Gasteiger partial charge in [0, 0.05) is 18.3 Å². The zero-order chi connectivity index (χ0) is 10.1. The van der Waals surface area contributed by atoms with Crippen molar-refractivity contribution in [1.29, 1.82) is 0 Å². The van der Waals surface area contributed by atoms with Gasteiger partial charge in [0.05, 0.1) is 5.69 Å². The third-order valence-electron chi connectivity index (χ3n) is 1.41. The zero-order valence-corrected chi connectivity index (χ0v) is 6.23. The van der Waals surface area contributed by atoms with E-state index in [-0.39, 0.29) is 0 Å². The van der Waals surface area contributed by atoms with Crippen LogP contribution in [0.25, 0.3) is 0 Å². The van der Waals surface area contributed by atoms with Crippen LogP contribution in [0.15, 0.2) is 23.1 Å². The Morgan fingerprint density at radius 1 is 1.38 bits per heavy atom. The summed E-state index contributed by atoms with van der Waals surface area (Å²) >= 11 is 0. The Morgan fingerprint density at radius 2 is 2.00 bits per heavy atom. The lowest BCUT2D eigenvalue weighted by Crippen LogP contribution is -2.26. The smallest absolute Gasteiger partial charge is 0.346 e. The van der Waals surface area contributed by atoms with Gasteiger partial charge in [-0.05, 0) is 0 Å². The molecule has 0 radical (unpaired) electrons. The molecule has 1 heterocycles. The molecule has 0 unspecified atom stereocenters. The maximum Gasteiger partial charge on any atom is 0.346 e. The number of hydrogen-bond acceptors (Lipinski definition) is 1. The fourth-order valence-electron chi connectivity index (χ4n) is 0.756. The van der Waals surface area contributed by atoms with Crippen LogP contribution in [0, 0.1) is 0 Å². The van der Waals surface area contributed by atoms with E-state index in [0.29, 0.717) is 6.07 Å². The van der Waals surface area contributed by atoms with E-state index < -0.39 is 23.5 Å². The lowest BCUT2D eigenvalue weighted by atomic mass is 10.2. The molecule has 0 fully saturated rings. The van der Waals surface area contributed by atoms with Crippen molar-refractivity contribution in [2.75, 3.05) is 0 Å². The fourth-order valence-corrected chi connectivity index (χ4v) is 0.756. The highest BCUT2D eigenvalue weighted by atomic mass is 19.3. The molecule has 0 spiro atoms. The van der Waals surface area contributed by atoms with E-state index >= 15 is 0 Å². The Morgan fingerprint density at radius 3 is 2.46 bits per heavy atom.